The molecule has 1 aromatic rings. The summed E-state index contributed by atoms with van der Waals surface area (Å²) < 4.78 is 0. The SMILES string of the molecule is CSCC[C@@H]1N[C@]2(C(=O)Nc3ccc(Cl)cc32)[C@@H]2C(=O)N(C(C)(C)C)C(=O)[C@H]12. The van der Waals surface area contributed by atoms with Gasteiger partial charge in [-0.2, -0.15) is 11.8 Å². The van der Waals surface area contributed by atoms with Gasteiger partial charge in [0.25, 0.3) is 0 Å². The highest BCUT2D eigenvalue weighted by Gasteiger charge is 2.71. The third kappa shape index (κ3) is 2.56. The van der Waals surface area contributed by atoms with E-state index in [9.17, 15) is 14.4 Å². The van der Waals surface area contributed by atoms with Crippen LogP contribution in [0.3, 0.4) is 0 Å². The Hall–Kier alpha value is -1.57. The van der Waals surface area contributed by atoms with Crippen LogP contribution in [0.15, 0.2) is 18.2 Å². The van der Waals surface area contributed by atoms with E-state index in [2.05, 4.69) is 10.6 Å². The van der Waals surface area contributed by atoms with Gasteiger partial charge < -0.3 is 5.32 Å². The van der Waals surface area contributed by atoms with Crippen molar-refractivity contribution >= 4 is 46.8 Å². The lowest BCUT2D eigenvalue weighted by molar-refractivity contribution is -0.147. The van der Waals surface area contributed by atoms with E-state index in [0.29, 0.717) is 22.7 Å². The van der Waals surface area contributed by atoms with Crippen LogP contribution >= 0.6 is 23.4 Å². The number of nitrogens with one attached hydrogen (secondary N) is 2. The molecule has 4 atom stereocenters. The summed E-state index contributed by atoms with van der Waals surface area (Å²) in [6.45, 7) is 5.54. The van der Waals surface area contributed by atoms with Crippen LogP contribution in [0.2, 0.25) is 5.02 Å². The maximum Gasteiger partial charge on any atom is 0.250 e. The topological polar surface area (TPSA) is 78.5 Å². The van der Waals surface area contributed by atoms with Gasteiger partial charge in [-0.25, -0.2) is 0 Å². The number of fused-ring (bicyclic) bond motifs is 4. The van der Waals surface area contributed by atoms with Crippen LogP contribution in [0.5, 0.6) is 0 Å². The van der Waals surface area contributed by atoms with Crippen molar-refractivity contribution in [2.45, 2.75) is 44.3 Å². The van der Waals surface area contributed by atoms with E-state index in [1.807, 2.05) is 27.0 Å². The number of hydrogen-bond acceptors (Lipinski definition) is 5. The number of hydrogen-bond donors (Lipinski definition) is 2. The Morgan fingerprint density at radius 1 is 1.21 bits per heavy atom. The van der Waals surface area contributed by atoms with Crippen molar-refractivity contribution in [2.75, 3.05) is 17.3 Å². The summed E-state index contributed by atoms with van der Waals surface area (Å²) in [5, 5.41) is 6.80. The van der Waals surface area contributed by atoms with Gasteiger partial charge in [0.2, 0.25) is 17.7 Å². The van der Waals surface area contributed by atoms with E-state index in [4.69, 9.17) is 11.6 Å². The van der Waals surface area contributed by atoms with E-state index in [1.165, 1.54) is 4.90 Å². The Bertz CT molecular complexity index is 884. The summed E-state index contributed by atoms with van der Waals surface area (Å²) in [5.74, 6) is -1.27. The Kier molecular flexibility index (Phi) is 4.56. The van der Waals surface area contributed by atoms with E-state index in [-0.39, 0.29) is 23.8 Å². The van der Waals surface area contributed by atoms with Crippen LogP contribution in [0.1, 0.15) is 32.8 Å². The monoisotopic (exact) mass is 421 g/mol. The van der Waals surface area contributed by atoms with Gasteiger partial charge in [0.05, 0.1) is 11.8 Å². The molecule has 8 heteroatoms. The quantitative estimate of drug-likeness (QED) is 0.733. The number of carbonyl (C=O) groups is 3. The molecule has 150 valence electrons. The normalized spacial score (nSPS) is 31.5. The number of nitrogens with zero attached hydrogens (tertiary/aromatic N) is 1. The summed E-state index contributed by atoms with van der Waals surface area (Å²) in [7, 11) is 0. The molecule has 3 amide bonds. The van der Waals surface area contributed by atoms with E-state index in [1.54, 1.807) is 30.0 Å². The number of amides is 3. The molecule has 3 aliphatic heterocycles. The van der Waals surface area contributed by atoms with Gasteiger partial charge in [0, 0.05) is 27.9 Å². The number of benzene rings is 1. The predicted octanol–water partition coefficient (Wildman–Crippen LogP) is 2.61. The number of rotatable bonds is 3. The first kappa shape index (κ1) is 19.7. The molecule has 2 N–H and O–H groups in total. The smallest absolute Gasteiger partial charge is 0.250 e. The van der Waals surface area contributed by atoms with Crippen molar-refractivity contribution in [3.63, 3.8) is 0 Å². The fraction of sp³-hybridized carbons (Fsp3) is 0.550. The summed E-state index contributed by atoms with van der Waals surface area (Å²) in [4.78, 5) is 41.4. The zero-order valence-corrected chi connectivity index (χ0v) is 17.9. The maximum absolute atomic E-state index is 13.5. The van der Waals surface area contributed by atoms with Gasteiger partial charge in [-0.3, -0.25) is 24.6 Å². The average Bonchev–Trinajstić information content (AvgIpc) is 3.18. The van der Waals surface area contributed by atoms with Crippen molar-refractivity contribution < 1.29 is 14.4 Å². The number of anilines is 1. The highest BCUT2D eigenvalue weighted by molar-refractivity contribution is 7.98. The number of imide groups is 1. The Morgan fingerprint density at radius 2 is 1.93 bits per heavy atom. The average molecular weight is 422 g/mol. The molecule has 6 nitrogen and oxygen atoms in total. The summed E-state index contributed by atoms with van der Waals surface area (Å²) in [6, 6.07) is 4.93. The Labute approximate surface area is 173 Å². The molecule has 1 spiro atoms. The maximum atomic E-state index is 13.5. The standard InChI is InChI=1S/C20H24ClN3O3S/c1-19(2,3)24-16(25)14-13(7-8-28-4)23-20(15(14)17(24)26)11-9-10(21)5-6-12(11)22-18(20)27/h5-6,9,13-15,23H,7-8H2,1-4H3,(H,22,27)/t13-,14+,15-,20-/m0/s1. The molecule has 0 aliphatic carbocycles. The summed E-state index contributed by atoms with van der Waals surface area (Å²) in [5.41, 5.74) is -0.610. The second-order valence-electron chi connectivity index (χ2n) is 8.67. The first-order valence-electron chi connectivity index (χ1n) is 9.39. The molecule has 0 saturated carbocycles. The van der Waals surface area contributed by atoms with Gasteiger partial charge in [0.15, 0.2) is 0 Å². The lowest BCUT2D eigenvalue weighted by atomic mass is 9.76. The van der Waals surface area contributed by atoms with E-state index < -0.39 is 22.9 Å². The first-order chi connectivity index (χ1) is 13.1. The predicted molar refractivity (Wildman–Crippen MR) is 110 cm³/mol. The van der Waals surface area contributed by atoms with Crippen LogP contribution in [-0.4, -0.2) is 46.2 Å². The minimum Gasteiger partial charge on any atom is -0.324 e. The summed E-state index contributed by atoms with van der Waals surface area (Å²) in [6.07, 6.45) is 2.70. The zero-order valence-electron chi connectivity index (χ0n) is 16.3. The molecule has 28 heavy (non-hydrogen) atoms. The van der Waals surface area contributed by atoms with Crippen molar-refractivity contribution in [3.05, 3.63) is 28.8 Å². The number of likely N-dealkylation sites (tertiary alicyclic amines) is 1. The number of thioether (sulfide) groups is 1. The van der Waals surface area contributed by atoms with Crippen LogP contribution in [0.25, 0.3) is 0 Å². The minimum absolute atomic E-state index is 0.193. The van der Waals surface area contributed by atoms with Crippen LogP contribution in [-0.2, 0) is 19.9 Å². The molecular weight excluding hydrogens is 398 g/mol. The van der Waals surface area contributed by atoms with Crippen molar-refractivity contribution in [1.82, 2.24) is 10.2 Å². The van der Waals surface area contributed by atoms with Gasteiger partial charge in [-0.15, -0.1) is 0 Å². The van der Waals surface area contributed by atoms with Crippen molar-refractivity contribution in [2.24, 2.45) is 11.8 Å². The third-order valence-electron chi connectivity index (χ3n) is 5.98. The second kappa shape index (κ2) is 6.47. The zero-order chi connectivity index (χ0) is 20.4. The molecule has 2 fully saturated rings. The molecule has 3 aliphatic rings. The molecule has 0 unspecified atom stereocenters. The number of halogens is 1. The highest BCUT2D eigenvalue weighted by atomic mass is 35.5. The fourth-order valence-corrected chi connectivity index (χ4v) is 5.59. The molecule has 4 rings (SSSR count). The number of carbonyl (C=O) groups excluding carboxylic acids is 3. The lowest BCUT2D eigenvalue weighted by Gasteiger charge is -2.34. The molecule has 2 saturated heterocycles. The molecule has 0 bridgehead atoms. The van der Waals surface area contributed by atoms with Crippen LogP contribution in [0, 0.1) is 11.8 Å². The van der Waals surface area contributed by atoms with Gasteiger partial charge in [-0.05, 0) is 57.4 Å². The molecule has 0 radical (unpaired) electrons. The highest BCUT2D eigenvalue weighted by Crippen LogP contribution is 2.54. The largest absolute Gasteiger partial charge is 0.324 e. The fourth-order valence-electron chi connectivity index (χ4n) is 4.93. The van der Waals surface area contributed by atoms with Crippen LogP contribution in [0.4, 0.5) is 5.69 Å². The van der Waals surface area contributed by atoms with E-state index >= 15 is 0 Å². The lowest BCUT2D eigenvalue weighted by Crippen LogP contribution is -2.55. The summed E-state index contributed by atoms with van der Waals surface area (Å²) >= 11 is 7.91. The van der Waals surface area contributed by atoms with Crippen LogP contribution < -0.4 is 10.6 Å². The van der Waals surface area contributed by atoms with Gasteiger partial charge >= 0.3 is 0 Å². The second-order valence-corrected chi connectivity index (χ2v) is 10.1. The Balaban J connectivity index is 1.89. The van der Waals surface area contributed by atoms with Crippen molar-refractivity contribution in [3.8, 4) is 0 Å². The third-order valence-corrected chi connectivity index (χ3v) is 6.86. The minimum atomic E-state index is -1.26. The van der Waals surface area contributed by atoms with Gasteiger partial charge in [-0.1, -0.05) is 11.6 Å². The first-order valence-corrected chi connectivity index (χ1v) is 11.2. The molecule has 0 aromatic heterocycles. The van der Waals surface area contributed by atoms with Gasteiger partial charge in [0.1, 0.15) is 5.54 Å². The Morgan fingerprint density at radius 3 is 2.57 bits per heavy atom. The van der Waals surface area contributed by atoms with Crippen molar-refractivity contribution in [1.29, 1.82) is 0 Å². The molecule has 3 heterocycles. The molecule has 1 aromatic carbocycles. The molecular formula is C20H24ClN3O3S. The van der Waals surface area contributed by atoms with E-state index in [0.717, 1.165) is 5.75 Å².